The Kier molecular flexibility index (Phi) is 5.06. The van der Waals surface area contributed by atoms with Crippen LogP contribution in [-0.4, -0.2) is 34.3 Å². The Labute approximate surface area is 111 Å². The van der Waals surface area contributed by atoms with E-state index in [9.17, 15) is 33.9 Å². The number of benzene rings is 1. The molecule has 20 heavy (non-hydrogen) atoms. The van der Waals surface area contributed by atoms with Gasteiger partial charge in [0.05, 0.1) is 30.1 Å². The van der Waals surface area contributed by atoms with Crippen LogP contribution in [0.2, 0.25) is 0 Å². The van der Waals surface area contributed by atoms with E-state index in [-0.39, 0.29) is 6.07 Å². The SMILES string of the molecule is COC(=O)CC(O)C(O)c1cc(F)cc(F)c1[N+](=O)[O-]. The van der Waals surface area contributed by atoms with Crippen LogP contribution in [0.1, 0.15) is 18.1 Å². The van der Waals surface area contributed by atoms with Crippen molar-refractivity contribution in [3.05, 3.63) is 39.4 Å². The molecule has 0 amide bonds. The zero-order valence-electron chi connectivity index (χ0n) is 10.2. The first kappa shape index (κ1) is 15.9. The van der Waals surface area contributed by atoms with E-state index in [2.05, 4.69) is 4.74 Å². The van der Waals surface area contributed by atoms with Gasteiger partial charge in [-0.1, -0.05) is 0 Å². The number of nitro benzene ring substituents is 1. The van der Waals surface area contributed by atoms with Crippen LogP contribution in [0.4, 0.5) is 14.5 Å². The normalized spacial score (nSPS) is 13.7. The third-order valence-corrected chi connectivity index (χ3v) is 2.53. The first-order valence-electron chi connectivity index (χ1n) is 5.34. The summed E-state index contributed by atoms with van der Waals surface area (Å²) in [5, 5.41) is 30.0. The van der Waals surface area contributed by atoms with E-state index in [0.29, 0.717) is 6.07 Å². The van der Waals surface area contributed by atoms with Crippen LogP contribution in [0.15, 0.2) is 12.1 Å². The van der Waals surface area contributed by atoms with E-state index < -0.39 is 52.4 Å². The summed E-state index contributed by atoms with van der Waals surface area (Å²) in [6.07, 6.45) is -4.51. The van der Waals surface area contributed by atoms with Crippen molar-refractivity contribution >= 4 is 11.7 Å². The third-order valence-electron chi connectivity index (χ3n) is 2.53. The summed E-state index contributed by atoms with van der Waals surface area (Å²) in [4.78, 5) is 20.5. The molecule has 1 aromatic carbocycles. The molecular formula is C11H11F2NO6. The standard InChI is InChI=1S/C11H11F2NO6/c1-20-9(16)4-8(15)11(17)6-2-5(12)3-7(13)10(6)14(18)19/h2-3,8,11,15,17H,4H2,1H3. The van der Waals surface area contributed by atoms with E-state index in [0.717, 1.165) is 7.11 Å². The van der Waals surface area contributed by atoms with Crippen LogP contribution >= 0.6 is 0 Å². The lowest BCUT2D eigenvalue weighted by molar-refractivity contribution is -0.389. The topological polar surface area (TPSA) is 110 Å². The van der Waals surface area contributed by atoms with Gasteiger partial charge in [0.25, 0.3) is 0 Å². The van der Waals surface area contributed by atoms with Crippen LogP contribution < -0.4 is 0 Å². The molecule has 0 aliphatic carbocycles. The highest BCUT2D eigenvalue weighted by molar-refractivity contribution is 5.69. The molecule has 2 unspecified atom stereocenters. The number of aliphatic hydroxyl groups excluding tert-OH is 2. The molecule has 0 aromatic heterocycles. The van der Waals surface area contributed by atoms with Gasteiger partial charge >= 0.3 is 11.7 Å². The van der Waals surface area contributed by atoms with Crippen molar-refractivity contribution in [3.8, 4) is 0 Å². The van der Waals surface area contributed by atoms with Crippen LogP contribution in [0.3, 0.4) is 0 Å². The molecule has 0 bridgehead atoms. The Morgan fingerprint density at radius 3 is 2.55 bits per heavy atom. The van der Waals surface area contributed by atoms with Gasteiger partial charge in [-0.05, 0) is 6.07 Å². The average molecular weight is 291 g/mol. The summed E-state index contributed by atoms with van der Waals surface area (Å²) in [5.41, 5.74) is -1.92. The zero-order chi connectivity index (χ0) is 15.4. The fraction of sp³-hybridized carbons (Fsp3) is 0.364. The molecule has 0 saturated carbocycles. The molecule has 0 spiro atoms. The number of halogens is 2. The number of nitrogens with zero attached hydrogens (tertiary/aromatic N) is 1. The monoisotopic (exact) mass is 291 g/mol. The smallest absolute Gasteiger partial charge is 0.310 e. The zero-order valence-corrected chi connectivity index (χ0v) is 10.2. The van der Waals surface area contributed by atoms with Gasteiger partial charge in [0.15, 0.2) is 0 Å². The predicted molar refractivity (Wildman–Crippen MR) is 60.6 cm³/mol. The number of carbonyl (C=O) groups is 1. The molecule has 0 fully saturated rings. The Balaban J connectivity index is 3.17. The third kappa shape index (κ3) is 3.45. The molecule has 0 radical (unpaired) electrons. The summed E-state index contributed by atoms with van der Waals surface area (Å²) in [6.45, 7) is 0. The molecule has 0 saturated heterocycles. The summed E-state index contributed by atoms with van der Waals surface area (Å²) < 4.78 is 30.7. The molecule has 110 valence electrons. The lowest BCUT2D eigenvalue weighted by atomic mass is 10.00. The van der Waals surface area contributed by atoms with Crippen LogP contribution in [0.25, 0.3) is 0 Å². The van der Waals surface area contributed by atoms with E-state index in [1.165, 1.54) is 0 Å². The number of methoxy groups -OCH3 is 1. The van der Waals surface area contributed by atoms with Gasteiger partial charge in [0.1, 0.15) is 11.9 Å². The highest BCUT2D eigenvalue weighted by Crippen LogP contribution is 2.31. The second-order valence-electron chi connectivity index (χ2n) is 3.87. The number of aliphatic hydroxyl groups is 2. The average Bonchev–Trinajstić information content (AvgIpc) is 2.35. The van der Waals surface area contributed by atoms with Crippen molar-refractivity contribution in [2.75, 3.05) is 7.11 Å². The second kappa shape index (κ2) is 6.35. The fourth-order valence-electron chi connectivity index (χ4n) is 1.58. The Hall–Kier alpha value is -2.13. The van der Waals surface area contributed by atoms with Crippen molar-refractivity contribution in [3.63, 3.8) is 0 Å². The Bertz CT molecular complexity index is 536. The van der Waals surface area contributed by atoms with E-state index in [1.807, 2.05) is 0 Å². The minimum Gasteiger partial charge on any atom is -0.469 e. The molecule has 1 rings (SSSR count). The van der Waals surface area contributed by atoms with E-state index in [4.69, 9.17) is 0 Å². The number of hydrogen-bond acceptors (Lipinski definition) is 6. The molecule has 0 aliphatic rings. The minimum atomic E-state index is -2.01. The molecule has 0 aliphatic heterocycles. The number of nitro groups is 1. The number of ether oxygens (including phenoxy) is 1. The van der Waals surface area contributed by atoms with Crippen molar-refractivity contribution in [2.45, 2.75) is 18.6 Å². The Morgan fingerprint density at radius 2 is 2.05 bits per heavy atom. The summed E-state index contributed by atoms with van der Waals surface area (Å²) in [6, 6.07) is 0.799. The first-order valence-corrected chi connectivity index (χ1v) is 5.34. The van der Waals surface area contributed by atoms with Crippen LogP contribution in [-0.2, 0) is 9.53 Å². The van der Waals surface area contributed by atoms with Gasteiger partial charge in [-0.3, -0.25) is 14.9 Å². The van der Waals surface area contributed by atoms with Crippen molar-refractivity contribution in [1.82, 2.24) is 0 Å². The first-order chi connectivity index (χ1) is 9.27. The van der Waals surface area contributed by atoms with Gasteiger partial charge in [-0.25, -0.2) is 4.39 Å². The number of carbonyl (C=O) groups excluding carboxylic acids is 1. The van der Waals surface area contributed by atoms with Crippen molar-refractivity contribution in [1.29, 1.82) is 0 Å². The fourth-order valence-corrected chi connectivity index (χ4v) is 1.58. The largest absolute Gasteiger partial charge is 0.469 e. The number of esters is 1. The van der Waals surface area contributed by atoms with Gasteiger partial charge in [-0.2, -0.15) is 4.39 Å². The van der Waals surface area contributed by atoms with Crippen molar-refractivity contribution in [2.24, 2.45) is 0 Å². The minimum absolute atomic E-state index is 0.279. The van der Waals surface area contributed by atoms with Crippen molar-refractivity contribution < 1.29 is 33.4 Å². The summed E-state index contributed by atoms with van der Waals surface area (Å²) in [5.74, 6) is -3.54. The lowest BCUT2D eigenvalue weighted by Gasteiger charge is -2.17. The molecule has 0 heterocycles. The van der Waals surface area contributed by atoms with E-state index in [1.54, 1.807) is 0 Å². The molecule has 1 aromatic rings. The number of rotatable bonds is 5. The predicted octanol–water partition coefficient (Wildman–Crippen LogP) is 0.830. The molecular weight excluding hydrogens is 280 g/mol. The quantitative estimate of drug-likeness (QED) is 0.472. The maximum absolute atomic E-state index is 13.3. The summed E-state index contributed by atoms with van der Waals surface area (Å²) in [7, 11) is 1.03. The summed E-state index contributed by atoms with van der Waals surface area (Å²) >= 11 is 0. The van der Waals surface area contributed by atoms with Gasteiger partial charge in [0.2, 0.25) is 5.82 Å². The molecule has 9 heteroatoms. The van der Waals surface area contributed by atoms with Gasteiger partial charge in [0, 0.05) is 6.07 Å². The van der Waals surface area contributed by atoms with E-state index >= 15 is 0 Å². The second-order valence-corrected chi connectivity index (χ2v) is 3.87. The Morgan fingerprint density at radius 1 is 1.45 bits per heavy atom. The highest BCUT2D eigenvalue weighted by Gasteiger charge is 2.31. The van der Waals surface area contributed by atoms with Crippen LogP contribution in [0.5, 0.6) is 0 Å². The highest BCUT2D eigenvalue weighted by atomic mass is 19.1. The molecule has 7 nitrogen and oxygen atoms in total. The lowest BCUT2D eigenvalue weighted by Crippen LogP contribution is -2.23. The van der Waals surface area contributed by atoms with Crippen LogP contribution in [0, 0.1) is 21.7 Å². The molecule has 2 N–H and O–H groups in total. The maximum atomic E-state index is 13.3. The molecule has 2 atom stereocenters. The van der Waals surface area contributed by atoms with Gasteiger partial charge < -0.3 is 14.9 Å². The maximum Gasteiger partial charge on any atom is 0.310 e. The van der Waals surface area contributed by atoms with Gasteiger partial charge in [-0.15, -0.1) is 0 Å². The number of hydrogen-bond donors (Lipinski definition) is 2.